The maximum Gasteiger partial charge on any atom is 0.407 e. The highest BCUT2D eigenvalue weighted by molar-refractivity contribution is 5.67. The molecule has 0 unspecified atom stereocenters. The van der Waals surface area contributed by atoms with E-state index in [4.69, 9.17) is 9.47 Å². The largest absolute Gasteiger partial charge is 0.447 e. The van der Waals surface area contributed by atoms with Gasteiger partial charge in [-0.05, 0) is 19.8 Å². The van der Waals surface area contributed by atoms with Gasteiger partial charge in [0, 0.05) is 13.1 Å². The van der Waals surface area contributed by atoms with Gasteiger partial charge in [-0.1, -0.05) is 194 Å². The van der Waals surface area contributed by atoms with E-state index in [0.29, 0.717) is 13.1 Å². The molecule has 0 saturated carbocycles. The van der Waals surface area contributed by atoms with Crippen LogP contribution in [0.5, 0.6) is 0 Å². The lowest BCUT2D eigenvalue weighted by Crippen LogP contribution is -2.50. The van der Waals surface area contributed by atoms with Gasteiger partial charge in [0.05, 0.1) is 0 Å². The van der Waals surface area contributed by atoms with Crippen LogP contribution < -0.4 is 16.1 Å². The van der Waals surface area contributed by atoms with Gasteiger partial charge in [-0.2, -0.15) is 5.48 Å². The van der Waals surface area contributed by atoms with Gasteiger partial charge in [-0.3, -0.25) is 0 Å². The van der Waals surface area contributed by atoms with Crippen molar-refractivity contribution in [1.82, 2.24) is 16.1 Å². The van der Waals surface area contributed by atoms with Crippen molar-refractivity contribution in [3.8, 4) is 0 Å². The summed E-state index contributed by atoms with van der Waals surface area (Å²) in [6, 6.07) is 0. The van der Waals surface area contributed by atoms with Crippen LogP contribution in [0.25, 0.3) is 0 Å². The van der Waals surface area contributed by atoms with E-state index >= 15 is 0 Å². The Morgan fingerprint density at radius 3 is 0.896 bits per heavy atom. The molecule has 286 valence electrons. The molecule has 0 aliphatic heterocycles. The highest BCUT2D eigenvalue weighted by atomic mass is 16.6. The highest BCUT2D eigenvalue weighted by Crippen LogP contribution is 2.15. The van der Waals surface area contributed by atoms with Crippen LogP contribution in [0.2, 0.25) is 0 Å². The molecule has 0 aromatic rings. The van der Waals surface area contributed by atoms with Gasteiger partial charge in [0.15, 0.2) is 0 Å². The van der Waals surface area contributed by atoms with Crippen LogP contribution in [-0.2, 0) is 9.47 Å². The molecule has 0 radical (unpaired) electrons. The van der Waals surface area contributed by atoms with E-state index < -0.39 is 17.7 Å². The number of hydrogen-bond donors (Lipinski definition) is 4. The third kappa shape index (κ3) is 34.3. The fourth-order valence-electron chi connectivity index (χ4n) is 6.03. The summed E-state index contributed by atoms with van der Waals surface area (Å²) in [4.78, 5) is 24.2. The van der Waals surface area contributed by atoms with Gasteiger partial charge >= 0.3 is 12.2 Å². The number of ether oxygens (including phenoxy) is 2. The summed E-state index contributed by atoms with van der Waals surface area (Å²) in [7, 11) is 0. The van der Waals surface area contributed by atoms with Crippen molar-refractivity contribution >= 4 is 12.2 Å². The number of hydroxylamine groups is 1. The van der Waals surface area contributed by atoms with E-state index in [1.54, 1.807) is 6.92 Å². The Balaban J connectivity index is 3.59. The van der Waals surface area contributed by atoms with Crippen molar-refractivity contribution in [3.63, 3.8) is 0 Å². The molecule has 0 aromatic carbocycles. The van der Waals surface area contributed by atoms with Crippen LogP contribution in [0.3, 0.4) is 0 Å². The average Bonchev–Trinajstić information content (AvgIpc) is 3.09. The van der Waals surface area contributed by atoms with Crippen molar-refractivity contribution in [2.75, 3.05) is 26.3 Å². The fraction of sp³-hybridized carbons (Fsp3) is 0.950. The summed E-state index contributed by atoms with van der Waals surface area (Å²) >= 11 is 0. The van der Waals surface area contributed by atoms with E-state index in [1.807, 2.05) is 0 Å². The first-order valence-electron chi connectivity index (χ1n) is 20.7. The van der Waals surface area contributed by atoms with Crippen molar-refractivity contribution < 1.29 is 24.3 Å². The number of amides is 2. The molecule has 48 heavy (non-hydrogen) atoms. The zero-order valence-corrected chi connectivity index (χ0v) is 32.1. The maximum atomic E-state index is 12.1. The zero-order chi connectivity index (χ0) is 35.2. The summed E-state index contributed by atoms with van der Waals surface area (Å²) < 4.78 is 10.5. The predicted molar refractivity (Wildman–Crippen MR) is 202 cm³/mol. The molecule has 8 heteroatoms. The number of hydrogen-bond acceptors (Lipinski definition) is 6. The molecule has 0 atom stereocenters. The summed E-state index contributed by atoms with van der Waals surface area (Å²) in [5.41, 5.74) is 1.04. The van der Waals surface area contributed by atoms with Crippen molar-refractivity contribution in [2.24, 2.45) is 0 Å². The third-order valence-corrected chi connectivity index (χ3v) is 9.41. The molecular weight excluding hydrogens is 602 g/mol. The van der Waals surface area contributed by atoms with Crippen LogP contribution in [0.15, 0.2) is 0 Å². The van der Waals surface area contributed by atoms with Gasteiger partial charge < -0.3 is 25.3 Å². The summed E-state index contributed by atoms with van der Waals surface area (Å²) in [6.45, 7) is 7.06. The molecular formula is C40H81N3O5. The molecule has 2 amide bonds. The zero-order valence-electron chi connectivity index (χ0n) is 32.1. The van der Waals surface area contributed by atoms with E-state index in [0.717, 1.165) is 25.7 Å². The number of nitrogens with one attached hydrogen (secondary N) is 3. The number of rotatable bonds is 37. The standard InChI is InChI=1S/C40H81N3O5/c1-4-6-8-10-12-14-16-18-20-22-24-26-28-30-32-34-41-38(44)47-36-40(3,43-46)37-48-39(45)42-35-33-31-29-27-25-23-21-19-17-15-13-11-9-7-5-2/h43,46H,4-37H2,1-3H3,(H,41,44)(H,42,45). The van der Waals surface area contributed by atoms with Gasteiger partial charge in [-0.25, -0.2) is 9.59 Å². The molecule has 0 bridgehead atoms. The van der Waals surface area contributed by atoms with Gasteiger partial charge in [0.25, 0.3) is 0 Å². The van der Waals surface area contributed by atoms with Crippen molar-refractivity contribution in [2.45, 2.75) is 219 Å². The number of carbonyl (C=O) groups excluding carboxylic acids is 2. The second-order valence-corrected chi connectivity index (χ2v) is 14.6. The van der Waals surface area contributed by atoms with Gasteiger partial charge in [-0.15, -0.1) is 0 Å². The molecule has 0 rings (SSSR count). The first-order chi connectivity index (χ1) is 23.5. The van der Waals surface area contributed by atoms with Gasteiger partial charge in [0.1, 0.15) is 18.8 Å². The van der Waals surface area contributed by atoms with Crippen LogP contribution >= 0.6 is 0 Å². The Morgan fingerprint density at radius 1 is 0.438 bits per heavy atom. The minimum absolute atomic E-state index is 0.124. The van der Waals surface area contributed by atoms with Crippen LogP contribution in [0.4, 0.5) is 9.59 Å². The first kappa shape index (κ1) is 46.5. The number of alkyl carbamates (subject to hydrolysis) is 2. The van der Waals surface area contributed by atoms with E-state index in [-0.39, 0.29) is 13.2 Å². The quantitative estimate of drug-likeness (QED) is 0.0383. The van der Waals surface area contributed by atoms with Crippen molar-refractivity contribution in [3.05, 3.63) is 0 Å². The number of carbonyl (C=O) groups is 2. The third-order valence-electron chi connectivity index (χ3n) is 9.41. The Hall–Kier alpha value is -1.54. The molecule has 0 aromatic heterocycles. The normalized spacial score (nSPS) is 11.5. The molecule has 0 fully saturated rings. The monoisotopic (exact) mass is 684 g/mol. The Bertz CT molecular complexity index is 642. The molecule has 0 heterocycles. The first-order valence-corrected chi connectivity index (χ1v) is 20.7. The lowest BCUT2D eigenvalue weighted by molar-refractivity contribution is -0.0120. The summed E-state index contributed by atoms with van der Waals surface area (Å²) in [5.74, 6) is 0. The van der Waals surface area contributed by atoms with Gasteiger partial charge in [0.2, 0.25) is 0 Å². The average molecular weight is 684 g/mol. The predicted octanol–water partition coefficient (Wildman–Crippen LogP) is 11.9. The van der Waals surface area contributed by atoms with E-state index in [1.165, 1.54) is 167 Å². The molecule has 0 aliphatic rings. The SMILES string of the molecule is CCCCCCCCCCCCCCCCCNC(=O)OCC(C)(COC(=O)NCCCCCCCCCCCCCCCCC)NO. The maximum absolute atomic E-state index is 12.1. The smallest absolute Gasteiger partial charge is 0.407 e. The van der Waals surface area contributed by atoms with E-state index in [9.17, 15) is 14.8 Å². The second-order valence-electron chi connectivity index (χ2n) is 14.6. The summed E-state index contributed by atoms with van der Waals surface area (Å²) in [5, 5.41) is 15.1. The lowest BCUT2D eigenvalue weighted by Gasteiger charge is -2.26. The highest BCUT2D eigenvalue weighted by Gasteiger charge is 2.28. The molecule has 4 N–H and O–H groups in total. The molecule has 0 saturated heterocycles. The van der Waals surface area contributed by atoms with Crippen LogP contribution in [0, 0.1) is 0 Å². The Morgan fingerprint density at radius 2 is 0.667 bits per heavy atom. The molecule has 8 nitrogen and oxygen atoms in total. The molecule has 0 aliphatic carbocycles. The summed E-state index contributed by atoms with van der Waals surface area (Å²) in [6.07, 6.45) is 38.1. The lowest BCUT2D eigenvalue weighted by atomic mass is 10.0. The number of unbranched alkanes of at least 4 members (excludes halogenated alkanes) is 28. The second kappa shape index (κ2) is 36.7. The molecule has 0 spiro atoms. The minimum Gasteiger partial charge on any atom is -0.447 e. The fourth-order valence-corrected chi connectivity index (χ4v) is 6.03. The van der Waals surface area contributed by atoms with Crippen LogP contribution in [0.1, 0.15) is 213 Å². The Kier molecular flexibility index (Phi) is 35.6. The minimum atomic E-state index is -1.09. The van der Waals surface area contributed by atoms with E-state index in [2.05, 4.69) is 30.0 Å². The van der Waals surface area contributed by atoms with Crippen LogP contribution in [-0.4, -0.2) is 49.2 Å². The topological polar surface area (TPSA) is 109 Å². The van der Waals surface area contributed by atoms with Crippen molar-refractivity contribution in [1.29, 1.82) is 0 Å². The Labute approximate surface area is 297 Å².